The predicted octanol–water partition coefficient (Wildman–Crippen LogP) is 3.17. The second-order valence-corrected chi connectivity index (χ2v) is 4.47. The van der Waals surface area contributed by atoms with Crippen molar-refractivity contribution in [1.29, 1.82) is 0 Å². The van der Waals surface area contributed by atoms with Crippen LogP contribution < -0.4 is 5.73 Å². The van der Waals surface area contributed by atoms with Crippen LogP contribution in [0.2, 0.25) is 5.02 Å². The van der Waals surface area contributed by atoms with Gasteiger partial charge in [0.05, 0.1) is 0 Å². The van der Waals surface area contributed by atoms with Crippen molar-refractivity contribution in [3.8, 4) is 0 Å². The SMILES string of the molecule is CCC(N)CSc1cccc(Cl)c1. The molecule has 0 spiro atoms. The number of halogens is 1. The minimum atomic E-state index is 0.281. The minimum absolute atomic E-state index is 0.281. The number of rotatable bonds is 4. The molecule has 0 saturated carbocycles. The molecule has 1 rings (SSSR count). The zero-order chi connectivity index (χ0) is 9.68. The van der Waals surface area contributed by atoms with Gasteiger partial charge in [0.25, 0.3) is 0 Å². The molecule has 2 N–H and O–H groups in total. The van der Waals surface area contributed by atoms with Gasteiger partial charge in [0.15, 0.2) is 0 Å². The van der Waals surface area contributed by atoms with Crippen LogP contribution in [-0.2, 0) is 0 Å². The van der Waals surface area contributed by atoms with Gasteiger partial charge in [-0.3, -0.25) is 0 Å². The molecule has 0 heterocycles. The van der Waals surface area contributed by atoms with E-state index < -0.39 is 0 Å². The van der Waals surface area contributed by atoms with E-state index >= 15 is 0 Å². The van der Waals surface area contributed by atoms with Crippen LogP contribution in [0.4, 0.5) is 0 Å². The number of benzene rings is 1. The molecule has 1 atom stereocenters. The van der Waals surface area contributed by atoms with Gasteiger partial charge in [-0.15, -0.1) is 11.8 Å². The first-order chi connectivity index (χ1) is 6.22. The largest absolute Gasteiger partial charge is 0.327 e. The van der Waals surface area contributed by atoms with Crippen molar-refractivity contribution < 1.29 is 0 Å². The van der Waals surface area contributed by atoms with Crippen LogP contribution in [0, 0.1) is 0 Å². The summed E-state index contributed by atoms with van der Waals surface area (Å²) >= 11 is 7.61. The summed E-state index contributed by atoms with van der Waals surface area (Å²) in [6.07, 6.45) is 1.02. The summed E-state index contributed by atoms with van der Waals surface area (Å²) in [6.45, 7) is 2.10. The van der Waals surface area contributed by atoms with Gasteiger partial charge < -0.3 is 5.73 Å². The van der Waals surface area contributed by atoms with Crippen molar-refractivity contribution >= 4 is 23.4 Å². The van der Waals surface area contributed by atoms with Crippen molar-refractivity contribution in [3.63, 3.8) is 0 Å². The Balaban J connectivity index is 2.45. The van der Waals surface area contributed by atoms with Crippen LogP contribution in [0.5, 0.6) is 0 Å². The van der Waals surface area contributed by atoms with E-state index in [4.69, 9.17) is 17.3 Å². The Bertz CT molecular complexity index is 265. The third kappa shape index (κ3) is 4.03. The summed E-state index contributed by atoms with van der Waals surface area (Å²) in [5, 5.41) is 0.787. The van der Waals surface area contributed by atoms with Gasteiger partial charge in [-0.1, -0.05) is 24.6 Å². The van der Waals surface area contributed by atoms with E-state index in [2.05, 4.69) is 13.0 Å². The summed E-state index contributed by atoms with van der Waals surface area (Å²) in [5.74, 6) is 0.955. The standard InChI is InChI=1S/C10H14ClNS/c1-2-9(12)7-13-10-5-3-4-8(11)6-10/h3-6,9H,2,7,12H2,1H3. The van der Waals surface area contributed by atoms with Crippen molar-refractivity contribution in [1.82, 2.24) is 0 Å². The highest BCUT2D eigenvalue weighted by Gasteiger charge is 2.00. The molecular formula is C10H14ClNS. The Morgan fingerprint density at radius 3 is 2.92 bits per heavy atom. The van der Waals surface area contributed by atoms with Crippen LogP contribution in [0.3, 0.4) is 0 Å². The average molecular weight is 216 g/mol. The number of hydrogen-bond acceptors (Lipinski definition) is 2. The molecule has 13 heavy (non-hydrogen) atoms. The maximum absolute atomic E-state index is 5.85. The first kappa shape index (κ1) is 10.9. The van der Waals surface area contributed by atoms with Gasteiger partial charge in [0, 0.05) is 21.7 Å². The van der Waals surface area contributed by atoms with Gasteiger partial charge in [0.1, 0.15) is 0 Å². The summed E-state index contributed by atoms with van der Waals surface area (Å²) in [6, 6.07) is 8.14. The molecule has 1 nitrogen and oxygen atoms in total. The third-order valence-corrected chi connectivity index (χ3v) is 3.20. The Labute approximate surface area is 88.7 Å². The molecule has 0 radical (unpaired) electrons. The molecule has 0 aliphatic heterocycles. The summed E-state index contributed by atoms with van der Waals surface area (Å²) in [4.78, 5) is 1.19. The topological polar surface area (TPSA) is 26.0 Å². The van der Waals surface area contributed by atoms with Gasteiger partial charge in [-0.2, -0.15) is 0 Å². The highest BCUT2D eigenvalue weighted by atomic mass is 35.5. The highest BCUT2D eigenvalue weighted by Crippen LogP contribution is 2.22. The van der Waals surface area contributed by atoms with Crippen molar-refractivity contribution in [3.05, 3.63) is 29.3 Å². The van der Waals surface area contributed by atoms with Crippen LogP contribution in [0.1, 0.15) is 13.3 Å². The van der Waals surface area contributed by atoms with Crippen molar-refractivity contribution in [2.45, 2.75) is 24.3 Å². The van der Waals surface area contributed by atoms with E-state index in [9.17, 15) is 0 Å². The smallest absolute Gasteiger partial charge is 0.0417 e. The monoisotopic (exact) mass is 215 g/mol. The second kappa shape index (κ2) is 5.53. The second-order valence-electron chi connectivity index (χ2n) is 2.94. The quantitative estimate of drug-likeness (QED) is 0.781. The molecule has 0 aromatic heterocycles. The molecule has 0 amide bonds. The summed E-state index contributed by atoms with van der Waals surface area (Å²) in [5.41, 5.74) is 5.81. The Morgan fingerprint density at radius 1 is 1.54 bits per heavy atom. The zero-order valence-corrected chi connectivity index (χ0v) is 9.24. The van der Waals surface area contributed by atoms with Gasteiger partial charge in [-0.25, -0.2) is 0 Å². The molecule has 1 aromatic carbocycles. The van der Waals surface area contributed by atoms with Gasteiger partial charge >= 0.3 is 0 Å². The summed E-state index contributed by atoms with van der Waals surface area (Å²) in [7, 11) is 0. The van der Waals surface area contributed by atoms with E-state index in [1.165, 1.54) is 4.90 Å². The van der Waals surface area contributed by atoms with Crippen molar-refractivity contribution in [2.24, 2.45) is 5.73 Å². The maximum atomic E-state index is 5.85. The lowest BCUT2D eigenvalue weighted by Gasteiger charge is -2.07. The molecule has 72 valence electrons. The van der Waals surface area contributed by atoms with E-state index in [1.54, 1.807) is 11.8 Å². The molecule has 3 heteroatoms. The molecule has 0 aliphatic carbocycles. The lowest BCUT2D eigenvalue weighted by Crippen LogP contribution is -2.21. The molecule has 0 saturated heterocycles. The fourth-order valence-corrected chi connectivity index (χ4v) is 2.16. The number of nitrogens with two attached hydrogens (primary N) is 1. The van der Waals surface area contributed by atoms with Crippen LogP contribution in [0.25, 0.3) is 0 Å². The van der Waals surface area contributed by atoms with E-state index in [-0.39, 0.29) is 6.04 Å². The zero-order valence-electron chi connectivity index (χ0n) is 7.66. The first-order valence-electron chi connectivity index (χ1n) is 4.36. The average Bonchev–Trinajstić information content (AvgIpc) is 2.14. The summed E-state index contributed by atoms with van der Waals surface area (Å²) < 4.78 is 0. The fraction of sp³-hybridized carbons (Fsp3) is 0.400. The van der Waals surface area contributed by atoms with Crippen molar-refractivity contribution in [2.75, 3.05) is 5.75 Å². The Hall–Kier alpha value is -0.180. The lowest BCUT2D eigenvalue weighted by molar-refractivity contribution is 0.725. The van der Waals surface area contributed by atoms with E-state index in [0.717, 1.165) is 17.2 Å². The minimum Gasteiger partial charge on any atom is -0.327 e. The van der Waals surface area contributed by atoms with E-state index in [0.29, 0.717) is 0 Å². The molecule has 1 unspecified atom stereocenters. The molecule has 0 aliphatic rings. The first-order valence-corrected chi connectivity index (χ1v) is 5.72. The van der Waals surface area contributed by atoms with E-state index in [1.807, 2.05) is 18.2 Å². The van der Waals surface area contributed by atoms with Crippen LogP contribution in [0.15, 0.2) is 29.2 Å². The van der Waals surface area contributed by atoms with Gasteiger partial charge in [0.2, 0.25) is 0 Å². The molecule has 0 bridgehead atoms. The number of thioether (sulfide) groups is 1. The third-order valence-electron chi connectivity index (χ3n) is 1.78. The highest BCUT2D eigenvalue weighted by molar-refractivity contribution is 7.99. The normalized spacial score (nSPS) is 12.8. The molecule has 0 fully saturated rings. The molecular weight excluding hydrogens is 202 g/mol. The fourth-order valence-electron chi connectivity index (χ4n) is 0.878. The predicted molar refractivity (Wildman–Crippen MR) is 60.4 cm³/mol. The van der Waals surface area contributed by atoms with Crippen LogP contribution >= 0.6 is 23.4 Å². The maximum Gasteiger partial charge on any atom is 0.0417 e. The lowest BCUT2D eigenvalue weighted by atomic mass is 10.3. The Kier molecular flexibility index (Phi) is 4.64. The Morgan fingerprint density at radius 2 is 2.31 bits per heavy atom. The number of hydrogen-bond donors (Lipinski definition) is 1. The van der Waals surface area contributed by atoms with Crippen LogP contribution in [-0.4, -0.2) is 11.8 Å². The molecule has 1 aromatic rings. The van der Waals surface area contributed by atoms with Gasteiger partial charge in [-0.05, 0) is 24.6 Å².